The van der Waals surface area contributed by atoms with E-state index in [-0.39, 0.29) is 16.8 Å². The smallest absolute Gasteiger partial charge is 0.416 e. The number of carbonyl (C=O) groups is 2. The molecule has 0 aliphatic carbocycles. The van der Waals surface area contributed by atoms with Crippen LogP contribution in [-0.2, 0) is 25.2 Å². The number of nitrogens with zero attached hydrogens (tertiary/aromatic N) is 2. The fourth-order valence-electron chi connectivity index (χ4n) is 3.69. The molecule has 0 saturated heterocycles. The van der Waals surface area contributed by atoms with Crippen molar-refractivity contribution in [1.29, 1.82) is 5.26 Å². The number of nitrogens with two attached hydrogens (primary N) is 1. The van der Waals surface area contributed by atoms with Crippen molar-refractivity contribution in [3.8, 4) is 6.07 Å². The van der Waals surface area contributed by atoms with Crippen LogP contribution in [0.4, 0.5) is 18.9 Å². The van der Waals surface area contributed by atoms with Gasteiger partial charge in [-0.2, -0.15) is 18.4 Å². The van der Waals surface area contributed by atoms with Crippen LogP contribution in [0.15, 0.2) is 65.1 Å². The van der Waals surface area contributed by atoms with E-state index >= 15 is 0 Å². The predicted molar refractivity (Wildman–Crippen MR) is 121 cm³/mol. The zero-order chi connectivity index (χ0) is 26.1. The summed E-state index contributed by atoms with van der Waals surface area (Å²) in [5, 5.41) is 8.89. The van der Waals surface area contributed by atoms with Gasteiger partial charge >= 0.3 is 18.1 Å². The van der Waals surface area contributed by atoms with Gasteiger partial charge in [0.25, 0.3) is 0 Å². The number of hydrogen-bond acceptors (Lipinski definition) is 7. The fourth-order valence-corrected chi connectivity index (χ4v) is 4.34. The van der Waals surface area contributed by atoms with Gasteiger partial charge in [-0.25, -0.2) is 9.59 Å². The Kier molecular flexibility index (Phi) is 7.33. The van der Waals surface area contributed by atoms with Crippen LogP contribution >= 0.6 is 23.2 Å². The van der Waals surface area contributed by atoms with Crippen LogP contribution in [0.5, 0.6) is 0 Å². The first-order valence-corrected chi connectivity index (χ1v) is 10.4. The van der Waals surface area contributed by atoms with Gasteiger partial charge in [0, 0.05) is 0 Å². The molecule has 0 fully saturated rings. The van der Waals surface area contributed by atoms with E-state index < -0.39 is 51.2 Å². The zero-order valence-corrected chi connectivity index (χ0v) is 19.6. The summed E-state index contributed by atoms with van der Waals surface area (Å²) >= 11 is 12.4. The van der Waals surface area contributed by atoms with Crippen molar-refractivity contribution in [3.63, 3.8) is 0 Å². The first kappa shape index (κ1) is 25.9. The molecule has 0 amide bonds. The third-order valence-corrected chi connectivity index (χ3v) is 5.75. The van der Waals surface area contributed by atoms with Gasteiger partial charge in [0.2, 0.25) is 0 Å². The summed E-state index contributed by atoms with van der Waals surface area (Å²) in [6, 6.07) is 11.3. The monoisotopic (exact) mass is 525 g/mol. The molecule has 1 heterocycles. The number of rotatable bonds is 4. The molecular formula is C23H16Cl2F3N3O4. The molecule has 2 aromatic carbocycles. The fraction of sp³-hybridized carbons (Fsp3) is 0.174. The Bertz CT molecular complexity index is 1280. The minimum Gasteiger partial charge on any atom is -0.466 e. The molecule has 2 aromatic rings. The van der Waals surface area contributed by atoms with Crippen LogP contribution in [0.2, 0.25) is 10.0 Å². The van der Waals surface area contributed by atoms with E-state index in [1.807, 2.05) is 6.07 Å². The number of benzene rings is 2. The normalized spacial score (nSPS) is 16.2. The van der Waals surface area contributed by atoms with Crippen molar-refractivity contribution >= 4 is 40.8 Å². The maximum Gasteiger partial charge on any atom is 0.416 e. The minimum absolute atomic E-state index is 0.198. The molecular weight excluding hydrogens is 510 g/mol. The Balaban J connectivity index is 2.46. The molecule has 0 radical (unpaired) electrons. The summed E-state index contributed by atoms with van der Waals surface area (Å²) in [4.78, 5) is 26.8. The molecule has 0 bridgehead atoms. The highest BCUT2D eigenvalue weighted by Gasteiger charge is 2.44. The average molecular weight is 526 g/mol. The molecule has 1 aliphatic heterocycles. The Morgan fingerprint density at radius 2 is 1.60 bits per heavy atom. The van der Waals surface area contributed by atoms with Crippen LogP contribution in [0.1, 0.15) is 17.0 Å². The minimum atomic E-state index is -4.77. The first-order chi connectivity index (χ1) is 16.5. The van der Waals surface area contributed by atoms with E-state index in [4.69, 9.17) is 38.4 Å². The van der Waals surface area contributed by atoms with Crippen LogP contribution in [0.25, 0.3) is 0 Å². The van der Waals surface area contributed by atoms with Crippen molar-refractivity contribution in [2.24, 2.45) is 5.73 Å². The third kappa shape index (κ3) is 4.65. The van der Waals surface area contributed by atoms with Gasteiger partial charge in [-0.1, -0.05) is 53.5 Å². The van der Waals surface area contributed by atoms with Gasteiger partial charge < -0.3 is 15.2 Å². The summed E-state index contributed by atoms with van der Waals surface area (Å²) in [6.45, 7) is 0. The number of ether oxygens (including phenoxy) is 2. The summed E-state index contributed by atoms with van der Waals surface area (Å²) in [7, 11) is 2.08. The highest BCUT2D eigenvalue weighted by molar-refractivity contribution is 6.39. The molecule has 182 valence electrons. The van der Waals surface area contributed by atoms with Gasteiger partial charge in [0.15, 0.2) is 0 Å². The Hall–Kier alpha value is -3.68. The molecule has 7 nitrogen and oxygen atoms in total. The Morgan fingerprint density at radius 3 is 2.06 bits per heavy atom. The van der Waals surface area contributed by atoms with Crippen molar-refractivity contribution in [2.45, 2.75) is 12.1 Å². The third-order valence-electron chi connectivity index (χ3n) is 5.18. The lowest BCUT2D eigenvalue weighted by atomic mass is 9.81. The van der Waals surface area contributed by atoms with E-state index in [1.54, 1.807) is 30.3 Å². The lowest BCUT2D eigenvalue weighted by Crippen LogP contribution is -2.41. The van der Waals surface area contributed by atoms with Crippen molar-refractivity contribution in [2.75, 3.05) is 19.1 Å². The summed E-state index contributed by atoms with van der Waals surface area (Å²) in [6.07, 6.45) is -4.77. The topological polar surface area (TPSA) is 106 Å². The quantitative estimate of drug-likeness (QED) is 0.565. The molecule has 0 saturated carbocycles. The van der Waals surface area contributed by atoms with Gasteiger partial charge in [-0.3, -0.25) is 4.90 Å². The number of nitriles is 1. The average Bonchev–Trinajstić information content (AvgIpc) is 2.82. The van der Waals surface area contributed by atoms with Gasteiger partial charge in [0.05, 0.1) is 58.6 Å². The van der Waals surface area contributed by atoms with E-state index in [0.717, 1.165) is 19.1 Å². The number of allylic oxidation sites excluding steroid dienone is 1. The summed E-state index contributed by atoms with van der Waals surface area (Å²) in [5.41, 5.74) is 4.13. The van der Waals surface area contributed by atoms with E-state index in [1.165, 1.54) is 0 Å². The molecule has 2 N–H and O–H groups in total. The van der Waals surface area contributed by atoms with E-state index in [9.17, 15) is 28.0 Å². The number of carbonyl (C=O) groups excluding carboxylic acids is 2. The summed E-state index contributed by atoms with van der Waals surface area (Å²) in [5.74, 6) is -3.66. The van der Waals surface area contributed by atoms with Crippen LogP contribution < -0.4 is 10.6 Å². The lowest BCUT2D eigenvalue weighted by molar-refractivity contribution is -0.139. The number of hydrogen-bond donors (Lipinski definition) is 1. The van der Waals surface area contributed by atoms with Gasteiger partial charge in [0.1, 0.15) is 11.5 Å². The SMILES string of the molecule is COC(=O)C1=C(C(=O)OC)N(c2c(Cl)cc(C(F)(F)F)cc2Cl)C(N)=C(C#N)C1c1ccccc1. The molecule has 35 heavy (non-hydrogen) atoms. The number of methoxy groups -OCH3 is 2. The van der Waals surface area contributed by atoms with Crippen LogP contribution in [0, 0.1) is 11.3 Å². The highest BCUT2D eigenvalue weighted by Crippen LogP contribution is 2.48. The summed E-state index contributed by atoms with van der Waals surface area (Å²) < 4.78 is 49.6. The molecule has 1 aliphatic rings. The molecule has 1 unspecified atom stereocenters. The maximum absolute atomic E-state index is 13.3. The van der Waals surface area contributed by atoms with Crippen molar-refractivity contribution < 1.29 is 32.2 Å². The second-order valence-electron chi connectivity index (χ2n) is 7.12. The maximum atomic E-state index is 13.3. The zero-order valence-electron chi connectivity index (χ0n) is 18.1. The van der Waals surface area contributed by atoms with Crippen molar-refractivity contribution in [3.05, 3.63) is 86.3 Å². The Labute approximate surface area is 207 Å². The number of alkyl halides is 3. The lowest BCUT2D eigenvalue weighted by Gasteiger charge is -2.36. The second kappa shape index (κ2) is 9.90. The molecule has 3 rings (SSSR count). The molecule has 12 heteroatoms. The molecule has 1 atom stereocenters. The molecule has 0 spiro atoms. The van der Waals surface area contributed by atoms with Crippen molar-refractivity contribution in [1.82, 2.24) is 0 Å². The van der Waals surface area contributed by atoms with E-state index in [2.05, 4.69) is 0 Å². The highest BCUT2D eigenvalue weighted by atomic mass is 35.5. The second-order valence-corrected chi connectivity index (χ2v) is 7.94. The largest absolute Gasteiger partial charge is 0.466 e. The predicted octanol–water partition coefficient (Wildman–Crippen LogP) is 4.91. The van der Waals surface area contributed by atoms with Gasteiger partial charge in [-0.05, 0) is 17.7 Å². The van der Waals surface area contributed by atoms with Gasteiger partial charge in [-0.15, -0.1) is 0 Å². The Morgan fingerprint density at radius 1 is 1.06 bits per heavy atom. The van der Waals surface area contributed by atoms with Crippen LogP contribution in [0.3, 0.4) is 0 Å². The first-order valence-electron chi connectivity index (χ1n) is 9.69. The number of esters is 2. The standard InChI is InChI=1S/C23H16Cl2F3N3O4/c1-34-21(32)17-16(11-6-4-3-5-7-11)13(10-29)20(30)31(19(17)22(33)35-2)18-14(24)8-12(9-15(18)25)23(26,27)28/h3-9,16H,30H2,1-2H3. The number of halogens is 5. The van der Waals surface area contributed by atoms with Crippen LogP contribution in [-0.4, -0.2) is 26.2 Å². The number of anilines is 1. The molecule has 0 aromatic heterocycles. The van der Waals surface area contributed by atoms with E-state index in [0.29, 0.717) is 17.7 Å².